The third-order valence-electron chi connectivity index (χ3n) is 7.38. The van der Waals surface area contributed by atoms with Gasteiger partial charge >= 0.3 is 0 Å². The summed E-state index contributed by atoms with van der Waals surface area (Å²) in [5.74, 6) is -0.123. The molecule has 0 saturated heterocycles. The van der Waals surface area contributed by atoms with E-state index in [0.29, 0.717) is 0 Å². The van der Waals surface area contributed by atoms with Crippen LogP contribution in [0.15, 0.2) is 85.1 Å². The molecule has 162 valence electrons. The minimum atomic E-state index is -0.173. The van der Waals surface area contributed by atoms with E-state index in [-0.39, 0.29) is 17.9 Å². The lowest BCUT2D eigenvalue weighted by molar-refractivity contribution is 0.512. The molecule has 0 radical (unpaired) electrons. The highest BCUT2D eigenvalue weighted by Gasteiger charge is 2.46. The molecule has 3 aromatic carbocycles. The molecule has 0 bridgehead atoms. The lowest BCUT2D eigenvalue weighted by Crippen LogP contribution is -2.16. The first-order valence-electron chi connectivity index (χ1n) is 11.8. The van der Waals surface area contributed by atoms with Crippen LogP contribution in [0.4, 0.5) is 0 Å². The maximum Gasteiger partial charge on any atom is 0.0836 e. The van der Waals surface area contributed by atoms with Crippen LogP contribution in [0.2, 0.25) is 0 Å². The first kappa shape index (κ1) is 19.9. The van der Waals surface area contributed by atoms with E-state index >= 15 is 0 Å². The molecule has 0 amide bonds. The SMILES string of the molecule is CCCc1c2n(c3ccccc13)[C@@H](c1cn(C)c3ccccc13)[C@@H](C#N)[C@@H]2c1ccccc1. The van der Waals surface area contributed by atoms with Crippen molar-refractivity contribution in [3.8, 4) is 6.07 Å². The van der Waals surface area contributed by atoms with Crippen LogP contribution in [0.3, 0.4) is 0 Å². The Hall–Kier alpha value is -3.77. The van der Waals surface area contributed by atoms with Gasteiger partial charge in [-0.15, -0.1) is 0 Å². The van der Waals surface area contributed by atoms with Gasteiger partial charge in [0.2, 0.25) is 0 Å². The van der Waals surface area contributed by atoms with Gasteiger partial charge in [-0.1, -0.05) is 80.1 Å². The van der Waals surface area contributed by atoms with Crippen molar-refractivity contribution in [3.63, 3.8) is 0 Å². The number of aryl methyl sites for hydroxylation is 2. The summed E-state index contributed by atoms with van der Waals surface area (Å²) in [7, 11) is 2.11. The molecule has 0 aliphatic carbocycles. The van der Waals surface area contributed by atoms with E-state index in [1.54, 1.807) is 0 Å². The number of fused-ring (bicyclic) bond motifs is 4. The minimum Gasteiger partial charge on any atom is -0.350 e. The fourth-order valence-electron chi connectivity index (χ4n) is 6.13. The summed E-state index contributed by atoms with van der Waals surface area (Å²) < 4.78 is 4.71. The van der Waals surface area contributed by atoms with Crippen molar-refractivity contribution < 1.29 is 0 Å². The maximum absolute atomic E-state index is 10.6. The van der Waals surface area contributed by atoms with Gasteiger partial charge < -0.3 is 9.13 Å². The third-order valence-corrected chi connectivity index (χ3v) is 7.38. The molecule has 6 rings (SSSR count). The van der Waals surface area contributed by atoms with Gasteiger partial charge in [-0.2, -0.15) is 5.26 Å². The number of nitrogens with zero attached hydrogens (tertiary/aromatic N) is 3. The molecule has 0 fully saturated rings. The van der Waals surface area contributed by atoms with Crippen LogP contribution in [0.25, 0.3) is 21.8 Å². The highest BCUT2D eigenvalue weighted by molar-refractivity contribution is 5.89. The van der Waals surface area contributed by atoms with Gasteiger partial charge in [0.25, 0.3) is 0 Å². The number of hydrogen-bond donors (Lipinski definition) is 0. The van der Waals surface area contributed by atoms with Crippen molar-refractivity contribution in [1.29, 1.82) is 5.26 Å². The summed E-state index contributed by atoms with van der Waals surface area (Å²) >= 11 is 0. The minimum absolute atomic E-state index is 0.0307. The molecule has 3 nitrogen and oxygen atoms in total. The van der Waals surface area contributed by atoms with E-state index in [1.807, 2.05) is 0 Å². The zero-order valence-corrected chi connectivity index (χ0v) is 19.1. The molecule has 3 heterocycles. The second-order valence-electron chi connectivity index (χ2n) is 9.20. The summed E-state index contributed by atoms with van der Waals surface area (Å²) in [6.45, 7) is 2.25. The Kier molecular flexibility index (Phi) is 4.62. The summed E-state index contributed by atoms with van der Waals surface area (Å²) in [6, 6.07) is 30.7. The number of nitriles is 1. The van der Waals surface area contributed by atoms with E-state index in [2.05, 4.69) is 114 Å². The Morgan fingerprint density at radius 3 is 2.24 bits per heavy atom. The average Bonchev–Trinajstić information content (AvgIpc) is 3.48. The first-order chi connectivity index (χ1) is 16.2. The van der Waals surface area contributed by atoms with E-state index in [4.69, 9.17) is 0 Å². The van der Waals surface area contributed by atoms with Crippen LogP contribution in [0, 0.1) is 17.2 Å². The van der Waals surface area contributed by atoms with E-state index in [9.17, 15) is 5.26 Å². The summed E-state index contributed by atoms with van der Waals surface area (Å²) in [5, 5.41) is 13.2. The molecule has 33 heavy (non-hydrogen) atoms. The molecular weight excluding hydrogens is 402 g/mol. The highest BCUT2D eigenvalue weighted by atomic mass is 15.1. The second-order valence-corrected chi connectivity index (χ2v) is 9.20. The van der Waals surface area contributed by atoms with Crippen molar-refractivity contribution in [2.45, 2.75) is 31.7 Å². The number of aromatic nitrogens is 2. The van der Waals surface area contributed by atoms with Gasteiger partial charge in [0, 0.05) is 52.2 Å². The summed E-state index contributed by atoms with van der Waals surface area (Å²) in [6.07, 6.45) is 4.34. The topological polar surface area (TPSA) is 33.6 Å². The van der Waals surface area contributed by atoms with Crippen LogP contribution >= 0.6 is 0 Å². The lowest BCUT2D eigenvalue weighted by Gasteiger charge is -2.21. The highest BCUT2D eigenvalue weighted by Crippen LogP contribution is 2.53. The largest absolute Gasteiger partial charge is 0.350 e. The lowest BCUT2D eigenvalue weighted by atomic mass is 9.80. The molecule has 0 spiro atoms. The fourth-order valence-corrected chi connectivity index (χ4v) is 6.13. The van der Waals surface area contributed by atoms with Crippen LogP contribution in [0.5, 0.6) is 0 Å². The van der Waals surface area contributed by atoms with Crippen molar-refractivity contribution in [1.82, 2.24) is 9.13 Å². The molecule has 5 aromatic rings. The van der Waals surface area contributed by atoms with Gasteiger partial charge in [-0.25, -0.2) is 0 Å². The summed E-state index contributed by atoms with van der Waals surface area (Å²) in [5.41, 5.74) is 7.65. The van der Waals surface area contributed by atoms with E-state index in [0.717, 1.165) is 12.8 Å². The zero-order valence-electron chi connectivity index (χ0n) is 19.1. The average molecular weight is 430 g/mol. The first-order valence-corrected chi connectivity index (χ1v) is 11.8. The Bertz CT molecular complexity index is 1510. The summed E-state index contributed by atoms with van der Waals surface area (Å²) in [4.78, 5) is 0. The number of benzene rings is 3. The molecule has 0 saturated carbocycles. The Morgan fingerprint density at radius 1 is 0.848 bits per heavy atom. The third kappa shape index (κ3) is 2.80. The Morgan fingerprint density at radius 2 is 1.52 bits per heavy atom. The van der Waals surface area contributed by atoms with Gasteiger partial charge in [0.05, 0.1) is 18.0 Å². The quantitative estimate of drug-likeness (QED) is 0.304. The fraction of sp³-hybridized carbons (Fsp3) is 0.233. The zero-order chi connectivity index (χ0) is 22.5. The monoisotopic (exact) mass is 429 g/mol. The van der Waals surface area contributed by atoms with Gasteiger partial charge in [0.15, 0.2) is 0 Å². The van der Waals surface area contributed by atoms with Crippen LogP contribution in [-0.4, -0.2) is 9.13 Å². The van der Waals surface area contributed by atoms with E-state index < -0.39 is 0 Å². The molecule has 0 unspecified atom stereocenters. The van der Waals surface area contributed by atoms with Crippen molar-refractivity contribution in [2.24, 2.45) is 13.0 Å². The smallest absolute Gasteiger partial charge is 0.0836 e. The van der Waals surface area contributed by atoms with Crippen molar-refractivity contribution in [2.75, 3.05) is 0 Å². The van der Waals surface area contributed by atoms with Gasteiger partial charge in [-0.05, 0) is 29.7 Å². The molecule has 1 aliphatic rings. The van der Waals surface area contributed by atoms with Crippen molar-refractivity contribution in [3.05, 3.63) is 107 Å². The number of rotatable bonds is 4. The Balaban J connectivity index is 1.72. The van der Waals surface area contributed by atoms with Crippen LogP contribution in [0.1, 0.15) is 47.7 Å². The molecule has 3 heteroatoms. The van der Waals surface area contributed by atoms with Gasteiger partial charge in [-0.3, -0.25) is 0 Å². The second kappa shape index (κ2) is 7.67. The molecule has 3 atom stereocenters. The Labute approximate surface area is 194 Å². The number of para-hydroxylation sites is 2. The molecule has 0 N–H and O–H groups in total. The molecular formula is C30H27N3. The molecule has 1 aliphatic heterocycles. The normalized spacial score (nSPS) is 19.7. The number of hydrogen-bond acceptors (Lipinski definition) is 1. The maximum atomic E-state index is 10.6. The predicted molar refractivity (Wildman–Crippen MR) is 134 cm³/mol. The standard InChI is InChI=1S/C30H27N3/c1-3-11-23-21-14-8-10-17-27(21)33-29(25-19-32(2)26-16-9-7-15-22(25)26)24(18-31)28(30(23)33)20-12-5-4-6-13-20/h4-10,12-17,19,24,28-29H,3,11H2,1-2H3/t24-,28-,29+/m0/s1. The van der Waals surface area contributed by atoms with Crippen molar-refractivity contribution >= 4 is 21.8 Å². The molecule has 2 aromatic heterocycles. The van der Waals surface area contributed by atoms with Gasteiger partial charge in [0.1, 0.15) is 0 Å². The van der Waals surface area contributed by atoms with Crippen LogP contribution in [-0.2, 0) is 13.5 Å². The predicted octanol–water partition coefficient (Wildman–Crippen LogP) is 6.96. The van der Waals surface area contributed by atoms with Crippen LogP contribution < -0.4 is 0 Å². The van der Waals surface area contributed by atoms with E-state index in [1.165, 1.54) is 44.2 Å².